The lowest BCUT2D eigenvalue weighted by Crippen LogP contribution is -2.23. The molecule has 126 valence electrons. The number of nitrogens with one attached hydrogen (secondary N) is 1. The number of carbonyl (C=O) groups excluding carboxylic acids is 2. The molecule has 25 heavy (non-hydrogen) atoms. The maximum absolute atomic E-state index is 12.1. The highest BCUT2D eigenvalue weighted by atomic mass is 79.9. The van der Waals surface area contributed by atoms with Crippen molar-refractivity contribution in [3.8, 4) is 5.75 Å². The predicted molar refractivity (Wildman–Crippen MR) is 101 cm³/mol. The number of hydrogen-bond acceptors (Lipinski definition) is 3. The molecule has 0 aromatic heterocycles. The van der Waals surface area contributed by atoms with Gasteiger partial charge in [-0.3, -0.25) is 9.59 Å². The van der Waals surface area contributed by atoms with Gasteiger partial charge in [0.05, 0.1) is 15.7 Å². The Morgan fingerprint density at radius 1 is 1.00 bits per heavy atom. The molecule has 0 fully saturated rings. The number of nitrogens with two attached hydrogens (primary N) is 1. The number of hydrogen-bond donors (Lipinski definition) is 2. The van der Waals surface area contributed by atoms with Crippen LogP contribution in [-0.2, 0) is 4.79 Å². The fourth-order valence-corrected chi connectivity index (χ4v) is 3.07. The van der Waals surface area contributed by atoms with Crippen LogP contribution in [0.2, 0.25) is 0 Å². The zero-order valence-electron chi connectivity index (χ0n) is 13.2. The van der Waals surface area contributed by atoms with Crippen molar-refractivity contribution >= 4 is 44.2 Å². The van der Waals surface area contributed by atoms with E-state index in [-0.39, 0.29) is 18.1 Å². The van der Waals surface area contributed by atoms with E-state index in [1.54, 1.807) is 30.3 Å². The minimum absolute atomic E-state index is 0.190. The van der Waals surface area contributed by atoms with Crippen LogP contribution in [0.15, 0.2) is 65.1 Å². The van der Waals surface area contributed by atoms with Gasteiger partial charge in [-0.15, -0.1) is 0 Å². The van der Waals surface area contributed by atoms with Gasteiger partial charge in [-0.2, -0.15) is 0 Å². The summed E-state index contributed by atoms with van der Waals surface area (Å²) in [5, 5.41) is 4.71. The number of amides is 2. The Balaban J connectivity index is 1.71. The van der Waals surface area contributed by atoms with E-state index in [2.05, 4.69) is 21.2 Å². The molecular weight excluding hydrogens is 384 g/mol. The van der Waals surface area contributed by atoms with E-state index in [1.165, 1.54) is 0 Å². The summed E-state index contributed by atoms with van der Waals surface area (Å²) in [5.74, 6) is -0.417. The first-order valence-electron chi connectivity index (χ1n) is 7.55. The number of anilines is 1. The Hall–Kier alpha value is -2.86. The second kappa shape index (κ2) is 7.36. The normalized spacial score (nSPS) is 10.4. The zero-order chi connectivity index (χ0) is 17.8. The molecular formula is C19H15BrN2O3. The maximum Gasteiger partial charge on any atom is 0.262 e. The first-order valence-corrected chi connectivity index (χ1v) is 8.34. The van der Waals surface area contributed by atoms with Crippen molar-refractivity contribution in [1.29, 1.82) is 0 Å². The molecule has 0 radical (unpaired) electrons. The summed E-state index contributed by atoms with van der Waals surface area (Å²) >= 11 is 3.51. The van der Waals surface area contributed by atoms with Crippen molar-refractivity contribution in [1.82, 2.24) is 0 Å². The van der Waals surface area contributed by atoms with Gasteiger partial charge in [-0.25, -0.2) is 0 Å². The molecule has 6 heteroatoms. The van der Waals surface area contributed by atoms with Crippen molar-refractivity contribution in [3.63, 3.8) is 0 Å². The Kier molecular flexibility index (Phi) is 5.00. The van der Waals surface area contributed by atoms with Crippen molar-refractivity contribution in [2.24, 2.45) is 5.73 Å². The lowest BCUT2D eigenvalue weighted by molar-refractivity contribution is -0.118. The molecule has 3 N–H and O–H groups in total. The number of carbonyl (C=O) groups is 2. The van der Waals surface area contributed by atoms with E-state index in [0.29, 0.717) is 11.4 Å². The van der Waals surface area contributed by atoms with E-state index < -0.39 is 5.91 Å². The van der Waals surface area contributed by atoms with Gasteiger partial charge in [-0.05, 0) is 44.9 Å². The number of benzene rings is 3. The molecule has 0 saturated heterocycles. The highest BCUT2D eigenvalue weighted by Gasteiger charge is 2.12. The summed E-state index contributed by atoms with van der Waals surface area (Å²) in [4.78, 5) is 23.5. The Morgan fingerprint density at radius 3 is 2.52 bits per heavy atom. The summed E-state index contributed by atoms with van der Waals surface area (Å²) in [7, 11) is 0. The van der Waals surface area contributed by atoms with Gasteiger partial charge in [0.25, 0.3) is 11.8 Å². The standard InChI is InChI=1S/C19H15BrN2O3/c20-18-13-6-2-1-5-12(13)9-10-16(18)25-11-17(23)22-15-8-4-3-7-14(15)19(21)24/h1-10H,11H2,(H2,21,24)(H,22,23). The number of ether oxygens (including phenoxy) is 1. The molecule has 0 saturated carbocycles. The molecule has 5 nitrogen and oxygen atoms in total. The average molecular weight is 399 g/mol. The number of primary amides is 1. The van der Waals surface area contributed by atoms with Crippen LogP contribution < -0.4 is 15.8 Å². The highest BCUT2D eigenvalue weighted by Crippen LogP contribution is 2.33. The lowest BCUT2D eigenvalue weighted by Gasteiger charge is -2.12. The van der Waals surface area contributed by atoms with Crippen molar-refractivity contribution in [2.75, 3.05) is 11.9 Å². The third kappa shape index (κ3) is 3.80. The van der Waals surface area contributed by atoms with Crippen LogP contribution in [0.4, 0.5) is 5.69 Å². The number of rotatable bonds is 5. The highest BCUT2D eigenvalue weighted by molar-refractivity contribution is 9.10. The van der Waals surface area contributed by atoms with E-state index in [9.17, 15) is 9.59 Å². The molecule has 0 unspecified atom stereocenters. The first-order chi connectivity index (χ1) is 12.1. The number of fused-ring (bicyclic) bond motifs is 1. The molecule has 0 bridgehead atoms. The van der Waals surface area contributed by atoms with Crippen LogP contribution >= 0.6 is 15.9 Å². The molecule has 2 amide bonds. The minimum Gasteiger partial charge on any atom is -0.483 e. The number of halogens is 1. The Morgan fingerprint density at radius 2 is 1.72 bits per heavy atom. The smallest absolute Gasteiger partial charge is 0.262 e. The van der Waals surface area contributed by atoms with Crippen LogP contribution in [-0.4, -0.2) is 18.4 Å². The first kappa shape index (κ1) is 17.0. The van der Waals surface area contributed by atoms with Gasteiger partial charge in [0.1, 0.15) is 5.75 Å². The Labute approximate surface area is 152 Å². The molecule has 0 atom stereocenters. The fourth-order valence-electron chi connectivity index (χ4n) is 2.46. The molecule has 0 aliphatic heterocycles. The van der Waals surface area contributed by atoms with E-state index in [0.717, 1.165) is 15.2 Å². The van der Waals surface area contributed by atoms with E-state index >= 15 is 0 Å². The lowest BCUT2D eigenvalue weighted by atomic mass is 10.1. The molecule has 3 aromatic carbocycles. The van der Waals surface area contributed by atoms with Gasteiger partial charge in [0.2, 0.25) is 0 Å². The summed E-state index contributed by atoms with van der Waals surface area (Å²) in [6.07, 6.45) is 0. The third-order valence-electron chi connectivity index (χ3n) is 3.65. The molecule has 0 aliphatic carbocycles. The molecule has 0 spiro atoms. The monoisotopic (exact) mass is 398 g/mol. The van der Waals surface area contributed by atoms with Gasteiger partial charge in [0.15, 0.2) is 6.61 Å². The summed E-state index contributed by atoms with van der Waals surface area (Å²) in [6.45, 7) is -0.190. The summed E-state index contributed by atoms with van der Waals surface area (Å²) < 4.78 is 6.39. The zero-order valence-corrected chi connectivity index (χ0v) is 14.7. The second-order valence-corrected chi connectivity index (χ2v) is 6.14. The minimum atomic E-state index is -0.603. The van der Waals surface area contributed by atoms with Crippen molar-refractivity contribution < 1.29 is 14.3 Å². The quantitative estimate of drug-likeness (QED) is 0.686. The fraction of sp³-hybridized carbons (Fsp3) is 0.0526. The van der Waals surface area contributed by atoms with Crippen molar-refractivity contribution in [3.05, 3.63) is 70.7 Å². The van der Waals surface area contributed by atoms with E-state index in [4.69, 9.17) is 10.5 Å². The van der Waals surface area contributed by atoms with Crippen molar-refractivity contribution in [2.45, 2.75) is 0 Å². The third-order valence-corrected chi connectivity index (χ3v) is 4.47. The molecule has 3 aromatic rings. The van der Waals surface area contributed by atoms with Crippen LogP contribution in [0.1, 0.15) is 10.4 Å². The summed E-state index contributed by atoms with van der Waals surface area (Å²) in [6, 6.07) is 18.1. The SMILES string of the molecule is NC(=O)c1ccccc1NC(=O)COc1ccc2ccccc2c1Br. The largest absolute Gasteiger partial charge is 0.483 e. The molecule has 0 heterocycles. The second-order valence-electron chi connectivity index (χ2n) is 5.35. The van der Waals surface area contributed by atoms with Gasteiger partial charge >= 0.3 is 0 Å². The summed E-state index contributed by atoms with van der Waals surface area (Å²) in [5.41, 5.74) is 5.92. The average Bonchev–Trinajstić information content (AvgIpc) is 2.61. The van der Waals surface area contributed by atoms with Crippen LogP contribution in [0, 0.1) is 0 Å². The van der Waals surface area contributed by atoms with Gasteiger partial charge in [0, 0.05) is 0 Å². The van der Waals surface area contributed by atoms with E-state index in [1.807, 2.05) is 30.3 Å². The van der Waals surface area contributed by atoms with Gasteiger partial charge < -0.3 is 15.8 Å². The van der Waals surface area contributed by atoms with Crippen LogP contribution in [0.3, 0.4) is 0 Å². The number of para-hydroxylation sites is 1. The Bertz CT molecular complexity index is 956. The molecule has 3 rings (SSSR count). The maximum atomic E-state index is 12.1. The predicted octanol–water partition coefficient (Wildman–Crippen LogP) is 3.72. The topological polar surface area (TPSA) is 81.4 Å². The van der Waals surface area contributed by atoms with Crippen LogP contribution in [0.5, 0.6) is 5.75 Å². The molecule has 0 aliphatic rings. The van der Waals surface area contributed by atoms with Gasteiger partial charge in [-0.1, -0.05) is 42.5 Å². The van der Waals surface area contributed by atoms with Crippen LogP contribution in [0.25, 0.3) is 10.8 Å².